The summed E-state index contributed by atoms with van der Waals surface area (Å²) in [4.78, 5) is 13.7. The number of likely N-dealkylation sites (N-methyl/N-ethyl adjacent to an activating group) is 1. The molecule has 6 nitrogen and oxygen atoms in total. The highest BCUT2D eigenvalue weighted by Crippen LogP contribution is 2.24. The Morgan fingerprint density at radius 1 is 1.21 bits per heavy atom. The van der Waals surface area contributed by atoms with E-state index in [0.717, 1.165) is 20.3 Å². The zero-order valence-electron chi connectivity index (χ0n) is 17.4. The van der Waals surface area contributed by atoms with Crippen molar-refractivity contribution in [1.29, 1.82) is 0 Å². The van der Waals surface area contributed by atoms with Crippen molar-refractivity contribution in [2.45, 2.75) is 36.6 Å². The van der Waals surface area contributed by atoms with Gasteiger partial charge in [-0.2, -0.15) is 4.31 Å². The quantitative estimate of drug-likeness (QED) is 0.608. The Bertz CT molecular complexity index is 944. The first-order valence-corrected chi connectivity index (χ1v) is 12.0. The predicted octanol–water partition coefficient (Wildman–Crippen LogP) is 3.61. The lowest BCUT2D eigenvalue weighted by Crippen LogP contribution is -2.39. The van der Waals surface area contributed by atoms with Crippen LogP contribution in [0.5, 0.6) is 5.75 Å². The Morgan fingerprint density at radius 3 is 2.41 bits per heavy atom. The standard InChI is InChI=1S/C21H28N2O4S2/c1-6-27-20-12-11-19(13-15(20)2)29(25,26)23(4)14-21(24)22-16(3)17-7-9-18(28-5)10-8-17/h7-13,16H,6,14H2,1-5H3,(H,22,24)/t16-/m0/s1. The Morgan fingerprint density at radius 2 is 1.86 bits per heavy atom. The van der Waals surface area contributed by atoms with Gasteiger partial charge in [0.25, 0.3) is 0 Å². The topological polar surface area (TPSA) is 75.7 Å². The Labute approximate surface area is 177 Å². The summed E-state index contributed by atoms with van der Waals surface area (Å²) in [6.45, 7) is 5.78. The number of sulfonamides is 1. The lowest BCUT2D eigenvalue weighted by Gasteiger charge is -2.20. The van der Waals surface area contributed by atoms with E-state index in [1.165, 1.54) is 13.1 Å². The molecule has 2 rings (SSSR count). The Balaban J connectivity index is 2.04. The molecule has 0 spiro atoms. The first-order chi connectivity index (χ1) is 13.7. The number of nitrogens with one attached hydrogen (secondary N) is 1. The molecule has 0 radical (unpaired) electrons. The van der Waals surface area contributed by atoms with Crippen LogP contribution in [0.4, 0.5) is 0 Å². The van der Waals surface area contributed by atoms with Crippen LogP contribution in [0.3, 0.4) is 0 Å². The highest BCUT2D eigenvalue weighted by molar-refractivity contribution is 7.98. The lowest BCUT2D eigenvalue weighted by molar-refractivity contribution is -0.121. The number of rotatable bonds is 9. The minimum absolute atomic E-state index is 0.134. The van der Waals surface area contributed by atoms with Gasteiger partial charge in [-0.25, -0.2) is 8.42 Å². The summed E-state index contributed by atoms with van der Waals surface area (Å²) in [6.07, 6.45) is 2.00. The molecule has 0 aromatic heterocycles. The van der Waals surface area contributed by atoms with Gasteiger partial charge in [0.1, 0.15) is 5.75 Å². The van der Waals surface area contributed by atoms with Gasteiger partial charge in [0.15, 0.2) is 0 Å². The van der Waals surface area contributed by atoms with Gasteiger partial charge in [-0.3, -0.25) is 4.79 Å². The van der Waals surface area contributed by atoms with E-state index in [0.29, 0.717) is 12.4 Å². The van der Waals surface area contributed by atoms with Crippen molar-refractivity contribution in [3.05, 3.63) is 53.6 Å². The number of thioether (sulfide) groups is 1. The third kappa shape index (κ3) is 5.98. The predicted molar refractivity (Wildman–Crippen MR) is 117 cm³/mol. The fourth-order valence-electron chi connectivity index (χ4n) is 2.83. The second kappa shape index (κ2) is 10.1. The minimum Gasteiger partial charge on any atom is -0.494 e. The average molecular weight is 437 g/mol. The Kier molecular flexibility index (Phi) is 8.13. The molecule has 158 valence electrons. The van der Waals surface area contributed by atoms with Crippen molar-refractivity contribution in [3.63, 3.8) is 0 Å². The first-order valence-electron chi connectivity index (χ1n) is 9.32. The van der Waals surface area contributed by atoms with Gasteiger partial charge in [0.2, 0.25) is 15.9 Å². The molecule has 0 fully saturated rings. The lowest BCUT2D eigenvalue weighted by atomic mass is 10.1. The number of hydrogen-bond donors (Lipinski definition) is 1. The molecule has 0 unspecified atom stereocenters. The maximum atomic E-state index is 12.8. The number of nitrogens with zero attached hydrogens (tertiary/aromatic N) is 1. The SMILES string of the molecule is CCOc1ccc(S(=O)(=O)N(C)CC(=O)N[C@@H](C)c2ccc(SC)cc2)cc1C. The third-order valence-electron chi connectivity index (χ3n) is 4.51. The summed E-state index contributed by atoms with van der Waals surface area (Å²) in [5.74, 6) is 0.285. The van der Waals surface area contributed by atoms with Crippen LogP contribution in [0.1, 0.15) is 31.0 Å². The maximum absolute atomic E-state index is 12.8. The third-order valence-corrected chi connectivity index (χ3v) is 7.06. The molecule has 0 saturated carbocycles. The van der Waals surface area contributed by atoms with E-state index in [1.807, 2.05) is 44.4 Å². The van der Waals surface area contributed by atoms with Crippen molar-refractivity contribution >= 4 is 27.7 Å². The molecule has 0 heterocycles. The maximum Gasteiger partial charge on any atom is 0.243 e. The van der Waals surface area contributed by atoms with Gasteiger partial charge in [-0.15, -0.1) is 11.8 Å². The van der Waals surface area contributed by atoms with Crippen LogP contribution in [-0.2, 0) is 14.8 Å². The van der Waals surface area contributed by atoms with E-state index in [-0.39, 0.29) is 23.4 Å². The second-order valence-corrected chi connectivity index (χ2v) is 9.61. The van der Waals surface area contributed by atoms with Gasteiger partial charge in [0, 0.05) is 11.9 Å². The van der Waals surface area contributed by atoms with E-state index in [4.69, 9.17) is 4.74 Å². The Hall–Kier alpha value is -2.03. The minimum atomic E-state index is -3.78. The molecule has 29 heavy (non-hydrogen) atoms. The molecule has 0 bridgehead atoms. The van der Waals surface area contributed by atoms with E-state index in [9.17, 15) is 13.2 Å². The summed E-state index contributed by atoms with van der Waals surface area (Å²) in [7, 11) is -2.38. The average Bonchev–Trinajstić information content (AvgIpc) is 2.69. The van der Waals surface area contributed by atoms with E-state index >= 15 is 0 Å². The first kappa shape index (κ1) is 23.3. The summed E-state index contributed by atoms with van der Waals surface area (Å²) in [5, 5.41) is 2.85. The number of ether oxygens (including phenoxy) is 1. The summed E-state index contributed by atoms with van der Waals surface area (Å²) < 4.78 is 32.1. The van der Waals surface area contributed by atoms with E-state index < -0.39 is 10.0 Å². The molecule has 8 heteroatoms. The van der Waals surface area contributed by atoms with E-state index in [2.05, 4.69) is 5.32 Å². The molecule has 1 N–H and O–H groups in total. The van der Waals surface area contributed by atoms with Crippen LogP contribution in [-0.4, -0.2) is 45.1 Å². The number of benzene rings is 2. The molecular weight excluding hydrogens is 408 g/mol. The van der Waals surface area contributed by atoms with Gasteiger partial charge < -0.3 is 10.1 Å². The molecule has 0 aliphatic rings. The van der Waals surface area contributed by atoms with E-state index in [1.54, 1.807) is 30.8 Å². The normalized spacial score (nSPS) is 12.6. The number of aryl methyl sites for hydroxylation is 1. The van der Waals surface area contributed by atoms with Crippen LogP contribution in [0.15, 0.2) is 52.3 Å². The van der Waals surface area contributed by atoms with Crippen molar-refractivity contribution in [2.75, 3.05) is 26.5 Å². The van der Waals surface area contributed by atoms with Crippen LogP contribution < -0.4 is 10.1 Å². The number of carbonyl (C=O) groups is 1. The monoisotopic (exact) mass is 436 g/mol. The largest absolute Gasteiger partial charge is 0.494 e. The van der Waals surface area contributed by atoms with Crippen LogP contribution in [0.25, 0.3) is 0 Å². The zero-order chi connectivity index (χ0) is 21.6. The second-order valence-electron chi connectivity index (χ2n) is 6.68. The number of amides is 1. The molecule has 0 aliphatic carbocycles. The van der Waals surface area contributed by atoms with Gasteiger partial charge in [-0.05, 0) is 68.5 Å². The van der Waals surface area contributed by atoms with Gasteiger partial charge in [-0.1, -0.05) is 12.1 Å². The molecule has 1 amide bonds. The van der Waals surface area contributed by atoms with Gasteiger partial charge >= 0.3 is 0 Å². The highest BCUT2D eigenvalue weighted by atomic mass is 32.2. The zero-order valence-corrected chi connectivity index (χ0v) is 19.1. The smallest absolute Gasteiger partial charge is 0.243 e. The molecule has 0 saturated heterocycles. The fraction of sp³-hybridized carbons (Fsp3) is 0.381. The number of hydrogen-bond acceptors (Lipinski definition) is 5. The number of carbonyl (C=O) groups excluding carboxylic acids is 1. The van der Waals surface area contributed by atoms with Crippen molar-refractivity contribution < 1.29 is 17.9 Å². The van der Waals surface area contributed by atoms with Crippen molar-refractivity contribution in [1.82, 2.24) is 9.62 Å². The molecule has 0 aliphatic heterocycles. The van der Waals surface area contributed by atoms with Crippen LogP contribution in [0, 0.1) is 6.92 Å². The van der Waals surface area contributed by atoms with Crippen LogP contribution >= 0.6 is 11.8 Å². The van der Waals surface area contributed by atoms with Crippen molar-refractivity contribution in [2.24, 2.45) is 0 Å². The fourth-order valence-corrected chi connectivity index (χ4v) is 4.45. The van der Waals surface area contributed by atoms with Crippen LogP contribution in [0.2, 0.25) is 0 Å². The summed E-state index contributed by atoms with van der Waals surface area (Å²) >= 11 is 1.65. The van der Waals surface area contributed by atoms with Crippen molar-refractivity contribution in [3.8, 4) is 5.75 Å². The molecular formula is C21H28N2O4S2. The molecule has 2 aromatic carbocycles. The summed E-state index contributed by atoms with van der Waals surface area (Å²) in [6, 6.07) is 12.4. The molecule has 2 aromatic rings. The van der Waals surface area contributed by atoms with Gasteiger partial charge in [0.05, 0.1) is 24.1 Å². The molecule has 1 atom stereocenters. The summed E-state index contributed by atoms with van der Waals surface area (Å²) in [5.41, 5.74) is 1.69. The highest BCUT2D eigenvalue weighted by Gasteiger charge is 2.24.